The Kier molecular flexibility index (Phi) is 4.53. The van der Waals surface area contributed by atoms with Crippen LogP contribution in [0, 0.1) is 13.8 Å². The molecule has 2 rings (SSSR count). The van der Waals surface area contributed by atoms with E-state index >= 15 is 0 Å². The van der Waals surface area contributed by atoms with Gasteiger partial charge in [-0.25, -0.2) is 8.42 Å². The molecule has 0 aromatic heterocycles. The van der Waals surface area contributed by atoms with Crippen molar-refractivity contribution < 1.29 is 8.42 Å². The van der Waals surface area contributed by atoms with Gasteiger partial charge >= 0.3 is 0 Å². The predicted octanol–water partition coefficient (Wildman–Crippen LogP) is 3.29. The lowest BCUT2D eigenvalue weighted by molar-refractivity contribution is 0.607. The van der Waals surface area contributed by atoms with E-state index in [1.807, 2.05) is 12.1 Å². The second-order valence-electron chi connectivity index (χ2n) is 5.27. The molecule has 0 fully saturated rings. The number of nitrogens with one attached hydrogen (secondary N) is 2. The minimum Gasteiger partial charge on any atom is -0.379 e. The molecular weight excluding hydrogens is 284 g/mol. The highest BCUT2D eigenvalue weighted by atomic mass is 32.2. The van der Waals surface area contributed by atoms with Crippen molar-refractivity contribution >= 4 is 21.4 Å². The largest absolute Gasteiger partial charge is 0.379 e. The van der Waals surface area contributed by atoms with Gasteiger partial charge in [0, 0.05) is 6.54 Å². The van der Waals surface area contributed by atoms with Gasteiger partial charge in [-0.2, -0.15) is 0 Å². The van der Waals surface area contributed by atoms with E-state index in [9.17, 15) is 8.42 Å². The molecule has 21 heavy (non-hydrogen) atoms. The average molecular weight is 304 g/mol. The van der Waals surface area contributed by atoms with Gasteiger partial charge in [-0.3, -0.25) is 4.72 Å². The Morgan fingerprint density at radius 3 is 2.10 bits per heavy atom. The fourth-order valence-electron chi connectivity index (χ4n) is 2.29. The first-order chi connectivity index (χ1) is 9.83. The number of hydrogen-bond donors (Lipinski definition) is 2. The van der Waals surface area contributed by atoms with Crippen molar-refractivity contribution in [3.05, 3.63) is 59.2 Å². The SMILES string of the molecule is Cc1cc(C)cc(CNc2ccccc2NS(C)(=O)=O)c1. The van der Waals surface area contributed by atoms with Crippen molar-refractivity contribution in [1.29, 1.82) is 0 Å². The van der Waals surface area contributed by atoms with Crippen molar-refractivity contribution in [2.75, 3.05) is 16.3 Å². The third-order valence-electron chi connectivity index (χ3n) is 2.99. The molecule has 0 aliphatic heterocycles. The predicted molar refractivity (Wildman–Crippen MR) is 88.2 cm³/mol. The standard InChI is InChI=1S/C16H20N2O2S/c1-12-8-13(2)10-14(9-12)11-17-15-6-4-5-7-16(15)18-21(3,19)20/h4-10,17-18H,11H2,1-3H3. The number of benzene rings is 2. The lowest BCUT2D eigenvalue weighted by Crippen LogP contribution is -2.12. The van der Waals surface area contributed by atoms with Gasteiger partial charge in [0.25, 0.3) is 0 Å². The van der Waals surface area contributed by atoms with Crippen LogP contribution in [0.4, 0.5) is 11.4 Å². The number of rotatable bonds is 5. The van der Waals surface area contributed by atoms with Gasteiger partial charge in [-0.1, -0.05) is 41.5 Å². The first kappa shape index (κ1) is 15.4. The molecular formula is C16H20N2O2S. The number of sulfonamides is 1. The zero-order valence-corrected chi connectivity index (χ0v) is 13.3. The molecule has 0 aliphatic carbocycles. The zero-order chi connectivity index (χ0) is 15.5. The molecule has 0 saturated carbocycles. The summed E-state index contributed by atoms with van der Waals surface area (Å²) in [5.74, 6) is 0. The molecule has 4 nitrogen and oxygen atoms in total. The molecule has 0 saturated heterocycles. The highest BCUT2D eigenvalue weighted by Gasteiger charge is 2.06. The first-order valence-electron chi connectivity index (χ1n) is 6.71. The topological polar surface area (TPSA) is 58.2 Å². The highest BCUT2D eigenvalue weighted by molar-refractivity contribution is 7.92. The van der Waals surface area contributed by atoms with Crippen LogP contribution in [0.2, 0.25) is 0 Å². The molecule has 0 bridgehead atoms. The van der Waals surface area contributed by atoms with E-state index in [0.29, 0.717) is 12.2 Å². The normalized spacial score (nSPS) is 11.2. The molecule has 0 spiro atoms. The van der Waals surface area contributed by atoms with Crippen molar-refractivity contribution in [1.82, 2.24) is 0 Å². The Morgan fingerprint density at radius 2 is 1.52 bits per heavy atom. The number of para-hydroxylation sites is 2. The van der Waals surface area contributed by atoms with Gasteiger partial charge in [-0.05, 0) is 31.5 Å². The molecule has 2 aromatic carbocycles. The van der Waals surface area contributed by atoms with Crippen molar-refractivity contribution in [3.63, 3.8) is 0 Å². The quantitative estimate of drug-likeness (QED) is 0.891. The molecule has 112 valence electrons. The fourth-order valence-corrected chi connectivity index (χ4v) is 2.87. The number of anilines is 2. The van der Waals surface area contributed by atoms with E-state index in [1.54, 1.807) is 12.1 Å². The molecule has 0 amide bonds. The van der Waals surface area contributed by atoms with Gasteiger partial charge in [0.05, 0.1) is 17.6 Å². The monoisotopic (exact) mass is 304 g/mol. The summed E-state index contributed by atoms with van der Waals surface area (Å²) >= 11 is 0. The number of hydrogen-bond acceptors (Lipinski definition) is 3. The second kappa shape index (κ2) is 6.18. The first-order valence-corrected chi connectivity index (χ1v) is 8.60. The lowest BCUT2D eigenvalue weighted by atomic mass is 10.1. The molecule has 2 N–H and O–H groups in total. The summed E-state index contributed by atoms with van der Waals surface area (Å²) in [7, 11) is -3.29. The van der Waals surface area contributed by atoms with Crippen LogP contribution in [0.5, 0.6) is 0 Å². The van der Waals surface area contributed by atoms with E-state index in [-0.39, 0.29) is 0 Å². The summed E-state index contributed by atoms with van der Waals surface area (Å²) in [6, 6.07) is 13.6. The summed E-state index contributed by atoms with van der Waals surface area (Å²) in [4.78, 5) is 0. The molecule has 0 unspecified atom stereocenters. The number of aryl methyl sites for hydroxylation is 2. The second-order valence-corrected chi connectivity index (χ2v) is 7.02. The summed E-state index contributed by atoms with van der Waals surface area (Å²) in [6.45, 7) is 4.77. The van der Waals surface area contributed by atoms with Crippen molar-refractivity contribution in [2.45, 2.75) is 20.4 Å². The summed E-state index contributed by atoms with van der Waals surface area (Å²) in [5.41, 5.74) is 4.93. The van der Waals surface area contributed by atoms with Crippen LogP contribution in [-0.2, 0) is 16.6 Å². The van der Waals surface area contributed by atoms with Gasteiger partial charge in [0.2, 0.25) is 10.0 Å². The van der Waals surface area contributed by atoms with Crippen LogP contribution in [-0.4, -0.2) is 14.7 Å². The van der Waals surface area contributed by atoms with E-state index in [0.717, 1.165) is 11.9 Å². The van der Waals surface area contributed by atoms with Gasteiger partial charge in [-0.15, -0.1) is 0 Å². The Labute approximate surface area is 126 Å². The van der Waals surface area contributed by atoms with Crippen LogP contribution < -0.4 is 10.0 Å². The van der Waals surface area contributed by atoms with E-state index < -0.39 is 10.0 Å². The average Bonchev–Trinajstić information content (AvgIpc) is 2.35. The summed E-state index contributed by atoms with van der Waals surface area (Å²) in [6.07, 6.45) is 1.15. The minimum absolute atomic E-state index is 0.560. The molecule has 0 radical (unpaired) electrons. The molecule has 5 heteroatoms. The molecule has 0 heterocycles. The zero-order valence-electron chi connectivity index (χ0n) is 12.5. The van der Waals surface area contributed by atoms with E-state index in [4.69, 9.17) is 0 Å². The maximum atomic E-state index is 11.4. The summed E-state index contributed by atoms with van der Waals surface area (Å²) < 4.78 is 25.3. The Hall–Kier alpha value is -2.01. The smallest absolute Gasteiger partial charge is 0.229 e. The van der Waals surface area contributed by atoms with Gasteiger partial charge in [0.1, 0.15) is 0 Å². The van der Waals surface area contributed by atoms with Crippen LogP contribution in [0.1, 0.15) is 16.7 Å². The van der Waals surface area contributed by atoms with Gasteiger partial charge in [0.15, 0.2) is 0 Å². The molecule has 0 aliphatic rings. The Morgan fingerprint density at radius 1 is 0.952 bits per heavy atom. The summed E-state index contributed by atoms with van der Waals surface area (Å²) in [5, 5.41) is 3.28. The van der Waals surface area contributed by atoms with Crippen molar-refractivity contribution in [2.24, 2.45) is 0 Å². The third kappa shape index (κ3) is 4.79. The minimum atomic E-state index is -3.29. The van der Waals surface area contributed by atoms with Crippen LogP contribution >= 0.6 is 0 Å². The maximum absolute atomic E-state index is 11.4. The van der Waals surface area contributed by atoms with E-state index in [2.05, 4.69) is 42.1 Å². The maximum Gasteiger partial charge on any atom is 0.229 e. The highest BCUT2D eigenvalue weighted by Crippen LogP contribution is 2.23. The molecule has 2 aromatic rings. The Bertz CT molecular complexity index is 719. The van der Waals surface area contributed by atoms with Crippen LogP contribution in [0.3, 0.4) is 0 Å². The van der Waals surface area contributed by atoms with Crippen molar-refractivity contribution in [3.8, 4) is 0 Å². The van der Waals surface area contributed by atoms with E-state index in [1.165, 1.54) is 16.7 Å². The van der Waals surface area contributed by atoms with Gasteiger partial charge < -0.3 is 5.32 Å². The van der Waals surface area contributed by atoms with Crippen LogP contribution in [0.25, 0.3) is 0 Å². The molecule has 0 atom stereocenters. The Balaban J connectivity index is 2.16. The fraction of sp³-hybridized carbons (Fsp3) is 0.250. The lowest BCUT2D eigenvalue weighted by Gasteiger charge is -2.13. The third-order valence-corrected chi connectivity index (χ3v) is 3.58. The van der Waals surface area contributed by atoms with Crippen LogP contribution in [0.15, 0.2) is 42.5 Å².